The Morgan fingerprint density at radius 1 is 1.04 bits per heavy atom. The van der Waals surface area contributed by atoms with Gasteiger partial charge in [0.2, 0.25) is 0 Å². The van der Waals surface area contributed by atoms with E-state index >= 15 is 0 Å². The molecule has 1 spiro atoms. The van der Waals surface area contributed by atoms with E-state index in [1.165, 1.54) is 7.11 Å². The maximum Gasteiger partial charge on any atom is 0.305 e. The average molecular weight is 657 g/mol. The number of methoxy groups -OCH3 is 1. The molecule has 0 aromatic heterocycles. The van der Waals surface area contributed by atoms with Crippen molar-refractivity contribution < 1.29 is 53.6 Å². The Labute approximate surface area is 274 Å². The normalized spacial score (nSPS) is 51.0. The number of hydrogen-bond donors (Lipinski definition) is 4. The Morgan fingerprint density at radius 3 is 2.39 bits per heavy atom. The molecule has 11 heteroatoms. The first-order valence-electron chi connectivity index (χ1n) is 17.7. The number of aliphatic hydroxyl groups excluding tert-OH is 2. The molecular weight excluding hydrogens is 596 g/mol. The van der Waals surface area contributed by atoms with Crippen LogP contribution in [0, 0.1) is 29.6 Å². The largest absolute Gasteiger partial charge is 0.481 e. The number of carbonyl (C=O) groups is 1. The highest BCUT2D eigenvalue weighted by Crippen LogP contribution is 2.54. The van der Waals surface area contributed by atoms with Crippen molar-refractivity contribution in [3.8, 4) is 0 Å². The Hall–Kier alpha value is -0.890. The SMILES string of the molecule is CC[C@@]1([C@@H]2O[C@@H]([C@H]3O[C@@](O)(CO)[C@H](C)C[C@@H]3C)C[C@@H]2C)CC[C@H]([C@]2(C)CCC3(C[C@H](O)[C@@H](C)[C@@H]([C@@H](C)[C@H](CC(=O)O)OC)O3)O2)O1. The van der Waals surface area contributed by atoms with Crippen LogP contribution in [0.3, 0.4) is 0 Å². The van der Waals surface area contributed by atoms with Crippen molar-refractivity contribution in [3.63, 3.8) is 0 Å². The zero-order valence-corrected chi connectivity index (χ0v) is 29.1. The van der Waals surface area contributed by atoms with Crippen molar-refractivity contribution in [2.75, 3.05) is 13.7 Å². The monoisotopic (exact) mass is 656 g/mol. The predicted molar refractivity (Wildman–Crippen MR) is 168 cm³/mol. The molecule has 46 heavy (non-hydrogen) atoms. The van der Waals surface area contributed by atoms with Gasteiger partial charge in [-0.3, -0.25) is 4.79 Å². The van der Waals surface area contributed by atoms with Crippen LogP contribution >= 0.6 is 0 Å². The molecule has 5 heterocycles. The predicted octanol–water partition coefficient (Wildman–Crippen LogP) is 4.03. The van der Waals surface area contributed by atoms with Crippen molar-refractivity contribution in [1.29, 1.82) is 0 Å². The highest BCUT2D eigenvalue weighted by Gasteiger charge is 2.62. The maximum atomic E-state index is 11.5. The lowest BCUT2D eigenvalue weighted by Gasteiger charge is -2.48. The Bertz CT molecular complexity index is 1080. The van der Waals surface area contributed by atoms with Crippen LogP contribution in [0.15, 0.2) is 0 Å². The van der Waals surface area contributed by atoms with E-state index in [1.54, 1.807) is 0 Å². The Morgan fingerprint density at radius 2 is 1.76 bits per heavy atom. The summed E-state index contributed by atoms with van der Waals surface area (Å²) in [6.45, 7) is 13.9. The van der Waals surface area contributed by atoms with Crippen LogP contribution in [-0.2, 0) is 33.2 Å². The van der Waals surface area contributed by atoms with Gasteiger partial charge in [-0.25, -0.2) is 0 Å². The fourth-order valence-electron chi connectivity index (χ4n) is 9.58. The van der Waals surface area contributed by atoms with E-state index in [0.717, 1.165) is 32.1 Å². The zero-order chi connectivity index (χ0) is 33.8. The number of hydrogen-bond acceptors (Lipinski definition) is 10. The van der Waals surface area contributed by atoms with Gasteiger partial charge in [-0.15, -0.1) is 0 Å². The second-order valence-corrected chi connectivity index (χ2v) is 15.8. The van der Waals surface area contributed by atoms with Gasteiger partial charge in [-0.05, 0) is 57.3 Å². The molecule has 16 atom stereocenters. The fourth-order valence-corrected chi connectivity index (χ4v) is 9.58. The van der Waals surface area contributed by atoms with E-state index < -0.39 is 53.7 Å². The smallest absolute Gasteiger partial charge is 0.305 e. The molecule has 0 bridgehead atoms. The molecule has 266 valence electrons. The number of ether oxygens (including phenoxy) is 6. The fraction of sp³-hybridized carbons (Fsp3) is 0.971. The minimum Gasteiger partial charge on any atom is -0.481 e. The summed E-state index contributed by atoms with van der Waals surface area (Å²) in [5, 5.41) is 41.5. The number of aliphatic carboxylic acids is 1. The topological polar surface area (TPSA) is 153 Å². The maximum absolute atomic E-state index is 11.5. The highest BCUT2D eigenvalue weighted by molar-refractivity contribution is 5.67. The van der Waals surface area contributed by atoms with Crippen LogP contribution in [0.25, 0.3) is 0 Å². The summed E-state index contributed by atoms with van der Waals surface area (Å²) in [5.41, 5.74) is -1.14. The lowest BCUT2D eigenvalue weighted by Crippen LogP contribution is -2.56. The van der Waals surface area contributed by atoms with Crippen LogP contribution in [0.4, 0.5) is 0 Å². The first-order chi connectivity index (χ1) is 21.5. The van der Waals surface area contributed by atoms with Gasteiger partial charge in [0.25, 0.3) is 0 Å². The van der Waals surface area contributed by atoms with Gasteiger partial charge < -0.3 is 48.8 Å². The molecular formula is C35H60O11. The highest BCUT2D eigenvalue weighted by atomic mass is 16.7. The van der Waals surface area contributed by atoms with Gasteiger partial charge in [0.15, 0.2) is 11.6 Å². The van der Waals surface area contributed by atoms with Crippen molar-refractivity contribution >= 4 is 5.97 Å². The standard InChI is InChI=1S/C35H60O11/c1-9-33(31-20(3)15-26(42-31)29-19(2)14-21(4)35(40,18-36)45-29)11-10-27(43-33)32(7)12-13-34(46-32)17-24(37)22(5)30(44-34)23(6)25(41-8)16-28(38)39/h19-27,29-31,36-37,40H,9-18H2,1-8H3,(H,38,39)/t19-,20-,21+,22+,23-,24-,25-,26+,27+,29-,30-,31+,32-,33-,34?,35-/m0/s1. The number of carboxylic acid groups (broad SMARTS) is 1. The molecule has 4 N–H and O–H groups in total. The van der Waals surface area contributed by atoms with Crippen molar-refractivity contribution in [2.45, 2.75) is 172 Å². The zero-order valence-electron chi connectivity index (χ0n) is 29.1. The summed E-state index contributed by atoms with van der Waals surface area (Å²) >= 11 is 0. The second kappa shape index (κ2) is 13.4. The third-order valence-electron chi connectivity index (χ3n) is 12.6. The molecule has 5 saturated heterocycles. The van der Waals surface area contributed by atoms with Crippen molar-refractivity contribution in [3.05, 3.63) is 0 Å². The molecule has 0 aliphatic carbocycles. The number of rotatable bonds is 10. The first-order valence-corrected chi connectivity index (χ1v) is 17.7. The van der Waals surface area contributed by atoms with E-state index in [-0.39, 0.29) is 60.4 Å². The van der Waals surface area contributed by atoms with Crippen LogP contribution in [-0.4, -0.2) is 106 Å². The average Bonchev–Trinajstić information content (AvgIpc) is 3.72. The Kier molecular flexibility index (Phi) is 10.6. The van der Waals surface area contributed by atoms with Crippen molar-refractivity contribution in [1.82, 2.24) is 0 Å². The third kappa shape index (κ3) is 6.54. The molecule has 1 unspecified atom stereocenters. The second-order valence-electron chi connectivity index (χ2n) is 15.8. The minimum absolute atomic E-state index is 0.142. The van der Waals surface area contributed by atoms with Crippen LogP contribution < -0.4 is 0 Å². The molecule has 5 aliphatic heterocycles. The molecule has 11 nitrogen and oxygen atoms in total. The van der Waals surface area contributed by atoms with E-state index in [9.17, 15) is 25.2 Å². The molecule has 0 amide bonds. The van der Waals surface area contributed by atoms with E-state index in [1.807, 2.05) is 20.8 Å². The van der Waals surface area contributed by atoms with Crippen molar-refractivity contribution in [2.24, 2.45) is 29.6 Å². The number of carboxylic acids is 1. The molecule has 5 fully saturated rings. The third-order valence-corrected chi connectivity index (χ3v) is 12.6. The quantitative estimate of drug-likeness (QED) is 0.270. The summed E-state index contributed by atoms with van der Waals surface area (Å²) in [7, 11) is 1.51. The molecule has 0 radical (unpaired) electrons. The van der Waals surface area contributed by atoms with Gasteiger partial charge in [-0.2, -0.15) is 0 Å². The van der Waals surface area contributed by atoms with Gasteiger partial charge in [0, 0.05) is 37.7 Å². The first kappa shape index (κ1) is 36.4. The molecule has 0 saturated carbocycles. The van der Waals surface area contributed by atoms with Gasteiger partial charge in [0.1, 0.15) is 0 Å². The lowest BCUT2D eigenvalue weighted by atomic mass is 9.80. The summed E-state index contributed by atoms with van der Waals surface area (Å²) in [6, 6.07) is 0. The van der Waals surface area contributed by atoms with Gasteiger partial charge in [-0.1, -0.05) is 41.5 Å². The summed E-state index contributed by atoms with van der Waals surface area (Å²) in [4.78, 5) is 11.5. The van der Waals surface area contributed by atoms with Gasteiger partial charge in [0.05, 0.1) is 67.0 Å². The van der Waals surface area contributed by atoms with Gasteiger partial charge >= 0.3 is 5.97 Å². The lowest BCUT2D eigenvalue weighted by molar-refractivity contribution is -0.336. The van der Waals surface area contributed by atoms with Crippen LogP contribution in [0.1, 0.15) is 106 Å². The van der Waals surface area contributed by atoms with E-state index in [4.69, 9.17) is 28.4 Å². The number of aliphatic hydroxyl groups is 3. The molecule has 0 aromatic carbocycles. The summed E-state index contributed by atoms with van der Waals surface area (Å²) in [5.74, 6) is -3.74. The van der Waals surface area contributed by atoms with E-state index in [0.29, 0.717) is 19.3 Å². The van der Waals surface area contributed by atoms with E-state index in [2.05, 4.69) is 27.7 Å². The summed E-state index contributed by atoms with van der Waals surface area (Å²) in [6.07, 6.45) is 2.94. The minimum atomic E-state index is -1.56. The molecule has 5 aliphatic rings. The van der Waals surface area contributed by atoms with Crippen LogP contribution in [0.5, 0.6) is 0 Å². The summed E-state index contributed by atoms with van der Waals surface area (Å²) < 4.78 is 39.2. The Balaban J connectivity index is 1.28. The van der Waals surface area contributed by atoms with Crippen LogP contribution in [0.2, 0.25) is 0 Å². The molecule has 0 aromatic rings. The molecule has 5 rings (SSSR count).